The Labute approximate surface area is 108 Å². The summed E-state index contributed by atoms with van der Waals surface area (Å²) >= 11 is 1.91. The lowest BCUT2D eigenvalue weighted by atomic mass is 9.99. The second-order valence-electron chi connectivity index (χ2n) is 4.40. The molecule has 1 fully saturated rings. The highest BCUT2D eigenvalue weighted by molar-refractivity contribution is 7.99. The van der Waals surface area contributed by atoms with E-state index in [9.17, 15) is 0 Å². The van der Waals surface area contributed by atoms with Crippen molar-refractivity contribution in [1.29, 1.82) is 0 Å². The lowest BCUT2D eigenvalue weighted by molar-refractivity contribution is -0.124. The van der Waals surface area contributed by atoms with Crippen molar-refractivity contribution in [1.82, 2.24) is 0 Å². The fraction of sp³-hybridized carbons (Fsp3) is 0.571. The molecule has 1 heterocycles. The fourth-order valence-corrected chi connectivity index (χ4v) is 3.18. The molecule has 0 aliphatic carbocycles. The number of ether oxygens (including phenoxy) is 2. The quantitative estimate of drug-likeness (QED) is 0.748. The van der Waals surface area contributed by atoms with Crippen LogP contribution in [0.4, 0.5) is 0 Å². The van der Waals surface area contributed by atoms with Crippen LogP contribution in [0.3, 0.4) is 0 Å². The summed E-state index contributed by atoms with van der Waals surface area (Å²) in [4.78, 5) is 1.33. The summed E-state index contributed by atoms with van der Waals surface area (Å²) in [6, 6.07) is 10.5. The van der Waals surface area contributed by atoms with Crippen LogP contribution in [0.1, 0.15) is 13.8 Å². The van der Waals surface area contributed by atoms with Crippen LogP contribution >= 0.6 is 11.8 Å². The van der Waals surface area contributed by atoms with E-state index < -0.39 is 0 Å². The Morgan fingerprint density at radius 3 is 2.82 bits per heavy atom. The molecule has 2 nitrogen and oxygen atoms in total. The van der Waals surface area contributed by atoms with Gasteiger partial charge in [-0.2, -0.15) is 0 Å². The highest BCUT2D eigenvalue weighted by Crippen LogP contribution is 2.32. The SMILES string of the molecule is CCOC1OCC(CSc2ccccc2)C1C. The van der Waals surface area contributed by atoms with Crippen LogP contribution in [0.25, 0.3) is 0 Å². The molecule has 3 heteroatoms. The van der Waals surface area contributed by atoms with E-state index in [0.29, 0.717) is 11.8 Å². The maximum Gasteiger partial charge on any atom is 0.160 e. The molecule has 1 saturated heterocycles. The average molecular weight is 252 g/mol. The van der Waals surface area contributed by atoms with Crippen molar-refractivity contribution < 1.29 is 9.47 Å². The second-order valence-corrected chi connectivity index (χ2v) is 5.49. The van der Waals surface area contributed by atoms with Crippen molar-refractivity contribution in [3.05, 3.63) is 30.3 Å². The van der Waals surface area contributed by atoms with Crippen LogP contribution in [0, 0.1) is 11.8 Å². The molecule has 0 saturated carbocycles. The molecular formula is C14H20O2S. The zero-order valence-electron chi connectivity index (χ0n) is 10.5. The van der Waals surface area contributed by atoms with E-state index in [1.165, 1.54) is 4.90 Å². The zero-order valence-corrected chi connectivity index (χ0v) is 11.3. The van der Waals surface area contributed by atoms with Crippen LogP contribution in [-0.4, -0.2) is 25.3 Å². The lowest BCUT2D eigenvalue weighted by Gasteiger charge is -2.17. The first kappa shape index (κ1) is 12.9. The standard InChI is InChI=1S/C14H20O2S/c1-3-15-14-11(2)12(9-16-14)10-17-13-7-5-4-6-8-13/h4-8,11-12,14H,3,9-10H2,1-2H3. The first-order valence-electron chi connectivity index (χ1n) is 6.22. The molecule has 3 unspecified atom stereocenters. The van der Waals surface area contributed by atoms with Crippen LogP contribution in [-0.2, 0) is 9.47 Å². The molecule has 2 rings (SSSR count). The molecule has 1 aromatic rings. The van der Waals surface area contributed by atoms with Gasteiger partial charge in [0.1, 0.15) is 0 Å². The third-order valence-electron chi connectivity index (χ3n) is 3.19. The normalized spacial score (nSPS) is 28.5. The summed E-state index contributed by atoms with van der Waals surface area (Å²) in [6.07, 6.45) is 0.00127. The third kappa shape index (κ3) is 3.47. The van der Waals surface area contributed by atoms with Gasteiger partial charge in [-0.1, -0.05) is 25.1 Å². The number of rotatable bonds is 5. The van der Waals surface area contributed by atoms with E-state index in [-0.39, 0.29) is 6.29 Å². The molecule has 3 atom stereocenters. The van der Waals surface area contributed by atoms with E-state index in [2.05, 4.69) is 37.3 Å². The molecule has 17 heavy (non-hydrogen) atoms. The van der Waals surface area contributed by atoms with Gasteiger partial charge in [-0.05, 0) is 25.0 Å². The van der Waals surface area contributed by atoms with Crippen molar-refractivity contribution in [2.75, 3.05) is 19.0 Å². The van der Waals surface area contributed by atoms with E-state index in [1.807, 2.05) is 18.7 Å². The van der Waals surface area contributed by atoms with Crippen LogP contribution in [0.2, 0.25) is 0 Å². The monoisotopic (exact) mass is 252 g/mol. The van der Waals surface area contributed by atoms with Gasteiger partial charge < -0.3 is 9.47 Å². The predicted molar refractivity (Wildman–Crippen MR) is 71.2 cm³/mol. The Hall–Kier alpha value is -0.510. The summed E-state index contributed by atoms with van der Waals surface area (Å²) in [5, 5.41) is 0. The lowest BCUT2D eigenvalue weighted by Crippen LogP contribution is -2.21. The van der Waals surface area contributed by atoms with E-state index >= 15 is 0 Å². The predicted octanol–water partition coefficient (Wildman–Crippen LogP) is 3.42. The molecule has 0 N–H and O–H groups in total. The van der Waals surface area contributed by atoms with Gasteiger partial charge in [-0.3, -0.25) is 0 Å². The van der Waals surface area contributed by atoms with Crippen LogP contribution < -0.4 is 0 Å². The zero-order chi connectivity index (χ0) is 12.1. The molecule has 1 aromatic carbocycles. The molecule has 1 aliphatic rings. The summed E-state index contributed by atoms with van der Waals surface area (Å²) in [5.41, 5.74) is 0. The highest BCUT2D eigenvalue weighted by Gasteiger charge is 2.34. The molecule has 0 bridgehead atoms. The first-order chi connectivity index (χ1) is 8.31. The molecule has 94 valence electrons. The van der Waals surface area contributed by atoms with E-state index in [4.69, 9.17) is 9.47 Å². The maximum absolute atomic E-state index is 5.67. The number of hydrogen-bond acceptors (Lipinski definition) is 3. The Morgan fingerprint density at radius 1 is 1.35 bits per heavy atom. The van der Waals surface area contributed by atoms with Gasteiger partial charge in [0.25, 0.3) is 0 Å². The van der Waals surface area contributed by atoms with Gasteiger partial charge in [0.05, 0.1) is 6.61 Å². The van der Waals surface area contributed by atoms with E-state index in [1.54, 1.807) is 0 Å². The van der Waals surface area contributed by atoms with Crippen molar-refractivity contribution >= 4 is 11.8 Å². The van der Waals surface area contributed by atoms with Crippen LogP contribution in [0.15, 0.2) is 35.2 Å². The number of hydrogen-bond donors (Lipinski definition) is 0. The smallest absolute Gasteiger partial charge is 0.160 e. The van der Waals surface area contributed by atoms with Gasteiger partial charge in [0.2, 0.25) is 0 Å². The molecule has 0 aromatic heterocycles. The van der Waals surface area contributed by atoms with Crippen molar-refractivity contribution in [3.63, 3.8) is 0 Å². The van der Waals surface area contributed by atoms with Crippen molar-refractivity contribution in [2.45, 2.75) is 25.0 Å². The van der Waals surface area contributed by atoms with Gasteiger partial charge in [0, 0.05) is 23.2 Å². The number of thioether (sulfide) groups is 1. The highest BCUT2D eigenvalue weighted by atomic mass is 32.2. The van der Waals surface area contributed by atoms with E-state index in [0.717, 1.165) is 19.0 Å². The Bertz CT molecular complexity index is 328. The maximum atomic E-state index is 5.67. The Kier molecular flexibility index (Phi) is 4.89. The van der Waals surface area contributed by atoms with Crippen molar-refractivity contribution in [2.24, 2.45) is 11.8 Å². The molecule has 0 amide bonds. The summed E-state index contributed by atoms with van der Waals surface area (Å²) < 4.78 is 11.2. The largest absolute Gasteiger partial charge is 0.353 e. The minimum Gasteiger partial charge on any atom is -0.353 e. The summed E-state index contributed by atoms with van der Waals surface area (Å²) in [6.45, 7) is 5.80. The topological polar surface area (TPSA) is 18.5 Å². The second kappa shape index (κ2) is 6.43. The van der Waals surface area contributed by atoms with Crippen LogP contribution in [0.5, 0.6) is 0 Å². The summed E-state index contributed by atoms with van der Waals surface area (Å²) in [5.74, 6) is 2.19. The van der Waals surface area contributed by atoms with Gasteiger partial charge in [-0.25, -0.2) is 0 Å². The fourth-order valence-electron chi connectivity index (χ4n) is 2.03. The Balaban J connectivity index is 1.81. The van der Waals surface area contributed by atoms with Crippen molar-refractivity contribution in [3.8, 4) is 0 Å². The Morgan fingerprint density at radius 2 is 2.12 bits per heavy atom. The average Bonchev–Trinajstić information content (AvgIpc) is 2.70. The minimum absolute atomic E-state index is 0.00127. The summed E-state index contributed by atoms with van der Waals surface area (Å²) in [7, 11) is 0. The first-order valence-corrected chi connectivity index (χ1v) is 7.21. The molecule has 1 aliphatic heterocycles. The molecule has 0 radical (unpaired) electrons. The minimum atomic E-state index is 0.00127. The molecule has 0 spiro atoms. The van der Waals surface area contributed by atoms with Gasteiger partial charge in [-0.15, -0.1) is 11.8 Å². The van der Waals surface area contributed by atoms with Gasteiger partial charge in [0.15, 0.2) is 6.29 Å². The number of benzene rings is 1. The van der Waals surface area contributed by atoms with Gasteiger partial charge >= 0.3 is 0 Å². The third-order valence-corrected chi connectivity index (χ3v) is 4.39. The molecular weight excluding hydrogens is 232 g/mol.